The summed E-state index contributed by atoms with van der Waals surface area (Å²) in [5, 5.41) is 4.16. The summed E-state index contributed by atoms with van der Waals surface area (Å²) in [6.07, 6.45) is 3.72. The summed E-state index contributed by atoms with van der Waals surface area (Å²) in [5.41, 5.74) is 8.07. The fourth-order valence-corrected chi connectivity index (χ4v) is 5.65. The molecule has 0 unspecified atom stereocenters. The maximum absolute atomic E-state index is 8.41. The lowest BCUT2D eigenvalue weighted by Crippen LogP contribution is -1.96. The third kappa shape index (κ3) is 3.63. The van der Waals surface area contributed by atoms with Gasteiger partial charge in [-0.3, -0.25) is 0 Å². The van der Waals surface area contributed by atoms with Crippen molar-refractivity contribution in [2.75, 3.05) is 0 Å². The molecule has 184 valence electrons. The second kappa shape index (κ2) is 9.31. The lowest BCUT2D eigenvalue weighted by Gasteiger charge is -2.20. The molecule has 0 atom stereocenters. The van der Waals surface area contributed by atoms with Gasteiger partial charge in [-0.1, -0.05) is 140 Å². The van der Waals surface area contributed by atoms with Gasteiger partial charge in [0.2, 0.25) is 0 Å². The van der Waals surface area contributed by atoms with E-state index in [0.717, 1.165) is 66.1 Å². The van der Waals surface area contributed by atoms with Crippen LogP contribution < -0.4 is 0 Å². The van der Waals surface area contributed by atoms with Crippen LogP contribution in [0, 0.1) is 0 Å². The molecule has 0 aliphatic heterocycles. The second-order valence-electron chi connectivity index (χ2n) is 9.39. The summed E-state index contributed by atoms with van der Waals surface area (Å²) in [7, 11) is 0. The van der Waals surface area contributed by atoms with Crippen LogP contribution in [-0.4, -0.2) is 0 Å². The van der Waals surface area contributed by atoms with E-state index in [2.05, 4.69) is 49.6 Å². The van der Waals surface area contributed by atoms with E-state index >= 15 is 0 Å². The highest BCUT2D eigenvalue weighted by molar-refractivity contribution is 6.17. The number of benzene rings is 6. The van der Waals surface area contributed by atoms with Crippen molar-refractivity contribution >= 4 is 44.9 Å². The molecule has 0 saturated carbocycles. The van der Waals surface area contributed by atoms with E-state index < -0.39 is 6.04 Å². The summed E-state index contributed by atoms with van der Waals surface area (Å²) in [4.78, 5) is 0. The van der Waals surface area contributed by atoms with E-state index in [-0.39, 0.29) is 29.7 Å². The Morgan fingerprint density at radius 2 is 1.13 bits per heavy atom. The monoisotopic (exact) mass is 503 g/mol. The molecule has 1 heteroatoms. The molecule has 1 aromatic heterocycles. The standard InChI is InChI=1S/C38H26O/c1-3-28-29(4-2)37(34-19-12-18-33-30-15-10-11-20-35(30)39-38(33)34)32-17-9-8-16-31(32)36(28)27-23-21-26(22-24-27)25-13-6-5-7-14-25/h3-24H,1-2H2/i5D,6D,7D,13D,14D. The quantitative estimate of drug-likeness (QED) is 0.228. The first kappa shape index (κ1) is 18.2. The minimum Gasteiger partial charge on any atom is -0.455 e. The predicted molar refractivity (Wildman–Crippen MR) is 168 cm³/mol. The summed E-state index contributed by atoms with van der Waals surface area (Å²) in [5.74, 6) is 0. The van der Waals surface area contributed by atoms with Crippen molar-refractivity contribution in [3.8, 4) is 33.4 Å². The zero-order chi connectivity index (χ0) is 30.7. The van der Waals surface area contributed by atoms with E-state index in [1.807, 2.05) is 66.7 Å². The smallest absolute Gasteiger partial charge is 0.143 e. The number of para-hydroxylation sites is 2. The predicted octanol–water partition coefficient (Wildman–Crippen LogP) is 11.0. The Morgan fingerprint density at radius 1 is 0.538 bits per heavy atom. The molecule has 0 bridgehead atoms. The molecule has 6 aromatic carbocycles. The number of hydrogen-bond donors (Lipinski definition) is 0. The molecule has 7 rings (SSSR count). The van der Waals surface area contributed by atoms with Crippen molar-refractivity contribution in [3.63, 3.8) is 0 Å². The Bertz CT molecular complexity index is 2280. The van der Waals surface area contributed by atoms with Crippen molar-refractivity contribution in [2.24, 2.45) is 0 Å². The van der Waals surface area contributed by atoms with Crippen LogP contribution >= 0.6 is 0 Å². The van der Waals surface area contributed by atoms with Gasteiger partial charge in [-0.05, 0) is 50.2 Å². The number of rotatable bonds is 5. The summed E-state index contributed by atoms with van der Waals surface area (Å²) in [6.45, 7) is 8.42. The molecular formula is C38H26O. The molecule has 0 spiro atoms. The zero-order valence-electron chi connectivity index (χ0n) is 26.1. The minimum absolute atomic E-state index is 0.178. The Morgan fingerprint density at radius 3 is 1.85 bits per heavy atom. The molecule has 0 N–H and O–H groups in total. The Balaban J connectivity index is 1.49. The highest BCUT2D eigenvalue weighted by Crippen LogP contribution is 2.46. The van der Waals surface area contributed by atoms with E-state index in [0.29, 0.717) is 5.56 Å². The molecule has 0 aliphatic carbocycles. The van der Waals surface area contributed by atoms with Crippen LogP contribution in [0.4, 0.5) is 0 Å². The maximum atomic E-state index is 8.41. The van der Waals surface area contributed by atoms with Gasteiger partial charge in [0.25, 0.3) is 0 Å². The first-order chi connectivity index (χ1) is 21.3. The summed E-state index contributed by atoms with van der Waals surface area (Å²) >= 11 is 0. The van der Waals surface area contributed by atoms with Gasteiger partial charge in [0.15, 0.2) is 0 Å². The molecule has 0 fully saturated rings. The van der Waals surface area contributed by atoms with Crippen molar-refractivity contribution < 1.29 is 11.3 Å². The molecule has 0 aliphatic rings. The molecule has 0 radical (unpaired) electrons. The molecule has 1 nitrogen and oxygen atoms in total. The van der Waals surface area contributed by atoms with Crippen molar-refractivity contribution in [1.29, 1.82) is 0 Å². The van der Waals surface area contributed by atoms with E-state index in [1.54, 1.807) is 0 Å². The topological polar surface area (TPSA) is 13.1 Å². The summed E-state index contributed by atoms with van der Waals surface area (Å²) < 4.78 is 47.4. The lowest BCUT2D eigenvalue weighted by molar-refractivity contribution is 0.670. The Labute approximate surface area is 235 Å². The van der Waals surface area contributed by atoms with Crippen molar-refractivity contribution in [2.45, 2.75) is 0 Å². The fraction of sp³-hybridized carbons (Fsp3) is 0. The molecule has 39 heavy (non-hydrogen) atoms. The van der Waals surface area contributed by atoms with E-state index in [9.17, 15) is 0 Å². The van der Waals surface area contributed by atoms with Gasteiger partial charge in [-0.15, -0.1) is 0 Å². The van der Waals surface area contributed by atoms with Crippen LogP contribution in [0.25, 0.3) is 78.2 Å². The third-order valence-electron chi connectivity index (χ3n) is 7.34. The largest absolute Gasteiger partial charge is 0.455 e. The molecule has 1 heterocycles. The van der Waals surface area contributed by atoms with Crippen molar-refractivity contribution in [3.05, 3.63) is 145 Å². The number of hydrogen-bond acceptors (Lipinski definition) is 1. The summed E-state index contributed by atoms with van der Waals surface area (Å²) in [6, 6.07) is 28.4. The SMILES string of the molecule is [2H]c1c([2H])c([2H])c(-c2ccc(-c3c(C=C)c(C=C)c(-c4cccc5c4oc4ccccc45)c4ccccc34)cc2)c([2H])c1[2H]. The first-order valence-electron chi connectivity index (χ1n) is 15.3. The average molecular weight is 504 g/mol. The van der Waals surface area contributed by atoms with Crippen LogP contribution in [0.5, 0.6) is 0 Å². The fourth-order valence-electron chi connectivity index (χ4n) is 5.65. The van der Waals surface area contributed by atoms with Crippen molar-refractivity contribution in [1.82, 2.24) is 0 Å². The van der Waals surface area contributed by atoms with Crippen LogP contribution in [0.2, 0.25) is 0 Å². The highest BCUT2D eigenvalue weighted by Gasteiger charge is 2.21. The number of fused-ring (bicyclic) bond motifs is 4. The average Bonchev–Trinajstić information content (AvgIpc) is 3.45. The maximum Gasteiger partial charge on any atom is 0.143 e. The van der Waals surface area contributed by atoms with Gasteiger partial charge in [0, 0.05) is 21.9 Å². The van der Waals surface area contributed by atoms with Crippen LogP contribution in [0.1, 0.15) is 18.0 Å². The van der Waals surface area contributed by atoms with Gasteiger partial charge >= 0.3 is 0 Å². The van der Waals surface area contributed by atoms with E-state index in [4.69, 9.17) is 11.3 Å². The Hall–Kier alpha value is -5.14. The van der Waals surface area contributed by atoms with Gasteiger partial charge < -0.3 is 4.42 Å². The minimum atomic E-state index is -0.405. The molecule has 7 aromatic rings. The van der Waals surface area contributed by atoms with E-state index in [1.165, 1.54) is 0 Å². The van der Waals surface area contributed by atoms with Crippen LogP contribution in [-0.2, 0) is 0 Å². The normalized spacial score (nSPS) is 13.1. The lowest BCUT2D eigenvalue weighted by atomic mass is 9.83. The third-order valence-corrected chi connectivity index (χ3v) is 7.34. The van der Waals surface area contributed by atoms with Gasteiger partial charge in [-0.2, -0.15) is 0 Å². The molecule has 0 amide bonds. The Kier molecular flexibility index (Phi) is 4.34. The number of furan rings is 1. The second-order valence-corrected chi connectivity index (χ2v) is 9.39. The highest BCUT2D eigenvalue weighted by atomic mass is 16.3. The van der Waals surface area contributed by atoms with Gasteiger partial charge in [0.1, 0.15) is 11.2 Å². The molecular weight excluding hydrogens is 472 g/mol. The van der Waals surface area contributed by atoms with Gasteiger partial charge in [-0.25, -0.2) is 0 Å². The molecule has 0 saturated heterocycles. The van der Waals surface area contributed by atoms with Crippen LogP contribution in [0.3, 0.4) is 0 Å². The first-order valence-corrected chi connectivity index (χ1v) is 12.8. The van der Waals surface area contributed by atoms with Crippen LogP contribution in [0.15, 0.2) is 139 Å². The van der Waals surface area contributed by atoms with Gasteiger partial charge in [0.05, 0.1) is 6.85 Å². The zero-order valence-corrected chi connectivity index (χ0v) is 21.1.